The fraction of sp³-hybridized carbons (Fsp3) is 0.273. The van der Waals surface area contributed by atoms with Crippen LogP contribution in [0, 0.1) is 12.7 Å². The maximum absolute atomic E-state index is 13.0. The molecule has 3 aromatic rings. The molecule has 1 fully saturated rings. The molecule has 3 amide bonds. The highest BCUT2D eigenvalue weighted by Crippen LogP contribution is 2.29. The molecular weight excluding hydrogens is 417 g/mol. The monoisotopic (exact) mass is 439 g/mol. The number of nitrogens with one attached hydrogen (secondary N) is 2. The molecule has 2 aromatic carbocycles. The lowest BCUT2D eigenvalue weighted by Crippen LogP contribution is -2.41. The minimum atomic E-state index is -0.389. The van der Waals surface area contributed by atoms with Crippen LogP contribution in [-0.2, 0) is 0 Å². The number of carbonyl (C=O) groups excluding carboxylic acids is 2. The van der Waals surface area contributed by atoms with E-state index in [2.05, 4.69) is 20.8 Å². The van der Waals surface area contributed by atoms with Gasteiger partial charge in [-0.15, -0.1) is 10.2 Å². The minimum absolute atomic E-state index is 0.0300. The SMILES string of the molecule is Cc1ccc(NC(=O)N2CCC[C@H](c3nnc(C(=O)Nc4ccc(F)cc4)s3)C2)cc1. The molecule has 160 valence electrons. The lowest BCUT2D eigenvalue weighted by atomic mass is 9.99. The Kier molecular flexibility index (Phi) is 6.22. The van der Waals surface area contributed by atoms with E-state index < -0.39 is 0 Å². The Labute approximate surface area is 183 Å². The van der Waals surface area contributed by atoms with Crippen molar-refractivity contribution in [1.29, 1.82) is 0 Å². The second-order valence-corrected chi connectivity index (χ2v) is 8.50. The van der Waals surface area contributed by atoms with Crippen LogP contribution in [0.3, 0.4) is 0 Å². The third kappa shape index (κ3) is 5.24. The zero-order valence-corrected chi connectivity index (χ0v) is 17.8. The Hall–Kier alpha value is -3.33. The lowest BCUT2D eigenvalue weighted by molar-refractivity contribution is 0.102. The van der Waals surface area contributed by atoms with Crippen molar-refractivity contribution in [3.63, 3.8) is 0 Å². The Morgan fingerprint density at radius 1 is 1.03 bits per heavy atom. The van der Waals surface area contributed by atoms with E-state index in [1.807, 2.05) is 31.2 Å². The van der Waals surface area contributed by atoms with Crippen molar-refractivity contribution in [2.75, 3.05) is 23.7 Å². The second kappa shape index (κ2) is 9.22. The maximum atomic E-state index is 13.0. The van der Waals surface area contributed by atoms with E-state index in [0.29, 0.717) is 18.8 Å². The summed E-state index contributed by atoms with van der Waals surface area (Å²) in [5.74, 6) is -0.730. The molecule has 0 spiro atoms. The van der Waals surface area contributed by atoms with Crippen molar-refractivity contribution in [3.8, 4) is 0 Å². The molecule has 2 heterocycles. The standard InChI is InChI=1S/C22H22FN5O2S/c1-14-4-8-18(9-5-14)25-22(30)28-12-2-3-15(13-28)20-26-27-21(31-20)19(29)24-17-10-6-16(23)7-11-17/h4-11,15H,2-3,12-13H2,1H3,(H,24,29)(H,25,30)/t15-/m0/s1. The van der Waals surface area contributed by atoms with Gasteiger partial charge in [-0.3, -0.25) is 4.79 Å². The summed E-state index contributed by atoms with van der Waals surface area (Å²) in [5.41, 5.74) is 2.37. The number of amides is 3. The number of halogens is 1. The molecule has 0 saturated carbocycles. The smallest absolute Gasteiger partial charge is 0.321 e. The third-order valence-electron chi connectivity index (χ3n) is 5.10. The number of anilines is 2. The Morgan fingerprint density at radius 2 is 1.71 bits per heavy atom. The summed E-state index contributed by atoms with van der Waals surface area (Å²) in [5, 5.41) is 14.8. The van der Waals surface area contributed by atoms with Crippen LogP contribution in [-0.4, -0.2) is 40.1 Å². The molecule has 0 bridgehead atoms. The number of nitrogens with zero attached hydrogens (tertiary/aromatic N) is 3. The van der Waals surface area contributed by atoms with E-state index in [1.165, 1.54) is 35.6 Å². The van der Waals surface area contributed by atoms with Crippen molar-refractivity contribution in [3.05, 3.63) is 69.9 Å². The average Bonchev–Trinajstić information content (AvgIpc) is 3.28. The summed E-state index contributed by atoms with van der Waals surface area (Å²) >= 11 is 1.22. The Balaban J connectivity index is 1.37. The van der Waals surface area contributed by atoms with E-state index in [9.17, 15) is 14.0 Å². The number of aromatic nitrogens is 2. The molecule has 2 N–H and O–H groups in total. The van der Waals surface area contributed by atoms with Gasteiger partial charge in [-0.25, -0.2) is 9.18 Å². The van der Waals surface area contributed by atoms with Crippen LogP contribution in [0.5, 0.6) is 0 Å². The van der Waals surface area contributed by atoms with Gasteiger partial charge >= 0.3 is 6.03 Å². The predicted octanol–water partition coefficient (Wildman–Crippen LogP) is 4.65. The first-order valence-electron chi connectivity index (χ1n) is 10.0. The van der Waals surface area contributed by atoms with Gasteiger partial charge < -0.3 is 15.5 Å². The maximum Gasteiger partial charge on any atom is 0.321 e. The van der Waals surface area contributed by atoms with E-state index in [-0.39, 0.29) is 28.7 Å². The van der Waals surface area contributed by atoms with Crippen molar-refractivity contribution >= 4 is 34.6 Å². The van der Waals surface area contributed by atoms with Crippen LogP contribution in [0.1, 0.15) is 39.1 Å². The van der Waals surface area contributed by atoms with Crippen molar-refractivity contribution in [1.82, 2.24) is 15.1 Å². The van der Waals surface area contributed by atoms with Gasteiger partial charge in [-0.05, 0) is 56.2 Å². The molecule has 1 atom stereocenters. The summed E-state index contributed by atoms with van der Waals surface area (Å²) < 4.78 is 13.0. The molecule has 7 nitrogen and oxygen atoms in total. The summed E-state index contributed by atoms with van der Waals surface area (Å²) in [4.78, 5) is 26.9. The van der Waals surface area contributed by atoms with E-state index in [4.69, 9.17) is 0 Å². The predicted molar refractivity (Wildman–Crippen MR) is 118 cm³/mol. The molecular formula is C22H22FN5O2S. The summed E-state index contributed by atoms with van der Waals surface area (Å²) in [7, 11) is 0. The Bertz CT molecular complexity index is 1070. The minimum Gasteiger partial charge on any atom is -0.324 e. The van der Waals surface area contributed by atoms with Crippen LogP contribution in [0.2, 0.25) is 0 Å². The van der Waals surface area contributed by atoms with Crippen LogP contribution >= 0.6 is 11.3 Å². The van der Waals surface area contributed by atoms with Crippen molar-refractivity contribution < 1.29 is 14.0 Å². The van der Waals surface area contributed by atoms with E-state index in [0.717, 1.165) is 29.1 Å². The van der Waals surface area contributed by atoms with Gasteiger partial charge in [0, 0.05) is 30.4 Å². The van der Waals surface area contributed by atoms with Crippen LogP contribution in [0.25, 0.3) is 0 Å². The lowest BCUT2D eigenvalue weighted by Gasteiger charge is -2.31. The van der Waals surface area contributed by atoms with Gasteiger partial charge in [0.2, 0.25) is 5.01 Å². The molecule has 1 aliphatic heterocycles. The third-order valence-corrected chi connectivity index (χ3v) is 6.18. The van der Waals surface area contributed by atoms with E-state index in [1.54, 1.807) is 4.90 Å². The van der Waals surface area contributed by atoms with Gasteiger partial charge in [0.25, 0.3) is 5.91 Å². The number of carbonyl (C=O) groups is 2. The van der Waals surface area contributed by atoms with Crippen LogP contribution in [0.4, 0.5) is 20.6 Å². The number of piperidine rings is 1. The molecule has 31 heavy (non-hydrogen) atoms. The van der Waals surface area contributed by atoms with Gasteiger partial charge in [0.05, 0.1) is 0 Å². The zero-order valence-electron chi connectivity index (χ0n) is 17.0. The summed E-state index contributed by atoms with van der Waals surface area (Å²) in [6, 6.07) is 13.0. The molecule has 0 radical (unpaired) electrons. The van der Waals surface area contributed by atoms with E-state index >= 15 is 0 Å². The van der Waals surface area contributed by atoms with Gasteiger partial charge in [0.15, 0.2) is 0 Å². The molecule has 1 aliphatic rings. The zero-order chi connectivity index (χ0) is 21.8. The van der Waals surface area contributed by atoms with Gasteiger partial charge in [0.1, 0.15) is 10.8 Å². The molecule has 4 rings (SSSR count). The summed E-state index contributed by atoms with van der Waals surface area (Å²) in [6.07, 6.45) is 1.73. The second-order valence-electron chi connectivity index (χ2n) is 7.49. The number of hydrogen-bond donors (Lipinski definition) is 2. The number of likely N-dealkylation sites (tertiary alicyclic amines) is 1. The van der Waals surface area contributed by atoms with Crippen molar-refractivity contribution in [2.45, 2.75) is 25.7 Å². The number of benzene rings is 2. The topological polar surface area (TPSA) is 87.2 Å². The number of hydrogen-bond acceptors (Lipinski definition) is 5. The quantitative estimate of drug-likeness (QED) is 0.620. The van der Waals surface area contributed by atoms with Crippen LogP contribution in [0.15, 0.2) is 48.5 Å². The first-order valence-corrected chi connectivity index (χ1v) is 10.8. The van der Waals surface area contributed by atoms with Crippen molar-refractivity contribution in [2.24, 2.45) is 0 Å². The van der Waals surface area contributed by atoms with Crippen LogP contribution < -0.4 is 10.6 Å². The average molecular weight is 440 g/mol. The highest BCUT2D eigenvalue weighted by atomic mass is 32.1. The molecule has 1 aromatic heterocycles. The molecule has 0 unspecified atom stereocenters. The molecule has 0 aliphatic carbocycles. The highest BCUT2D eigenvalue weighted by molar-refractivity contribution is 7.13. The van der Waals surface area contributed by atoms with Gasteiger partial charge in [-0.1, -0.05) is 29.0 Å². The first-order chi connectivity index (χ1) is 15.0. The number of urea groups is 1. The fourth-order valence-corrected chi connectivity index (χ4v) is 4.28. The normalized spacial score (nSPS) is 16.1. The first kappa shape index (κ1) is 20.9. The van der Waals surface area contributed by atoms with Gasteiger partial charge in [-0.2, -0.15) is 0 Å². The Morgan fingerprint density at radius 3 is 2.45 bits per heavy atom. The molecule has 1 saturated heterocycles. The number of aryl methyl sites for hydroxylation is 1. The fourth-order valence-electron chi connectivity index (χ4n) is 3.41. The summed E-state index contributed by atoms with van der Waals surface area (Å²) in [6.45, 7) is 3.19. The molecule has 9 heteroatoms. The highest BCUT2D eigenvalue weighted by Gasteiger charge is 2.28. The number of rotatable bonds is 4. The largest absolute Gasteiger partial charge is 0.324 e.